The van der Waals surface area contributed by atoms with Crippen LogP contribution >= 0.6 is 0 Å². The molecule has 0 heterocycles. The van der Waals surface area contributed by atoms with Gasteiger partial charge in [0.15, 0.2) is 6.10 Å². The van der Waals surface area contributed by atoms with Gasteiger partial charge in [0.25, 0.3) is 0 Å². The zero-order chi connectivity index (χ0) is 59.9. The predicted molar refractivity (Wildman–Crippen MR) is 363 cm³/mol. The Labute approximate surface area is 520 Å². The van der Waals surface area contributed by atoms with Crippen LogP contribution in [0.1, 0.15) is 457 Å². The monoisotopic (exact) mass is 1170 g/mol. The molecule has 0 aromatic carbocycles. The quantitative estimate of drug-likeness (QED) is 0.0343. The molecule has 1 unspecified atom stereocenters. The minimum atomic E-state index is -0.763. The highest BCUT2D eigenvalue weighted by atomic mass is 16.6. The molecular formula is C77H150O6. The molecule has 6 nitrogen and oxygen atoms in total. The van der Waals surface area contributed by atoms with Crippen LogP contribution in [0.25, 0.3) is 0 Å². The molecule has 0 aromatic heterocycles. The lowest BCUT2D eigenvalue weighted by Gasteiger charge is -2.18. The van der Waals surface area contributed by atoms with E-state index >= 15 is 0 Å². The number of carbonyl (C=O) groups is 3. The normalized spacial score (nSPS) is 11.9. The Morgan fingerprint density at radius 2 is 0.325 bits per heavy atom. The Bertz CT molecular complexity index is 1250. The summed E-state index contributed by atoms with van der Waals surface area (Å²) < 4.78 is 17.0. The standard InChI is InChI=1S/C77H150O6/c1-4-7-10-13-16-19-22-24-26-28-30-32-34-35-36-37-38-39-40-41-42-43-45-46-48-50-52-55-58-61-64-67-70-76(79)82-73-74(72-81-75(78)69-66-63-60-57-54-21-18-15-12-9-6-3)83-77(80)71-68-65-62-59-56-53-51-49-47-44-33-31-29-27-25-23-20-17-14-11-8-5-2/h74H,4-73H2,1-3H3. The Morgan fingerprint density at radius 1 is 0.193 bits per heavy atom. The van der Waals surface area contributed by atoms with Crippen molar-refractivity contribution in [3.63, 3.8) is 0 Å². The van der Waals surface area contributed by atoms with Gasteiger partial charge in [-0.05, 0) is 19.3 Å². The fourth-order valence-corrected chi connectivity index (χ4v) is 12.3. The van der Waals surface area contributed by atoms with Crippen LogP contribution in [0.5, 0.6) is 0 Å². The molecular weight excluding hydrogens is 1020 g/mol. The van der Waals surface area contributed by atoms with E-state index in [1.54, 1.807) is 0 Å². The van der Waals surface area contributed by atoms with Gasteiger partial charge < -0.3 is 14.2 Å². The van der Waals surface area contributed by atoms with Crippen LogP contribution in [0.15, 0.2) is 0 Å². The molecule has 0 radical (unpaired) electrons. The molecule has 1 atom stereocenters. The van der Waals surface area contributed by atoms with Crippen LogP contribution in [0, 0.1) is 0 Å². The van der Waals surface area contributed by atoms with E-state index in [2.05, 4.69) is 20.8 Å². The van der Waals surface area contributed by atoms with Gasteiger partial charge in [0.1, 0.15) is 13.2 Å². The molecule has 0 spiro atoms. The largest absolute Gasteiger partial charge is 0.462 e. The molecule has 0 aliphatic rings. The van der Waals surface area contributed by atoms with E-state index in [1.807, 2.05) is 0 Å². The number of hydrogen-bond acceptors (Lipinski definition) is 6. The van der Waals surface area contributed by atoms with Gasteiger partial charge in [-0.15, -0.1) is 0 Å². The molecule has 0 aliphatic heterocycles. The van der Waals surface area contributed by atoms with Crippen molar-refractivity contribution in [2.45, 2.75) is 463 Å². The maximum absolute atomic E-state index is 13.0. The summed E-state index contributed by atoms with van der Waals surface area (Å²) in [5, 5.41) is 0. The minimum absolute atomic E-state index is 0.0602. The van der Waals surface area contributed by atoms with Crippen molar-refractivity contribution in [1.29, 1.82) is 0 Å². The second kappa shape index (κ2) is 72.9. The van der Waals surface area contributed by atoms with Crippen molar-refractivity contribution in [1.82, 2.24) is 0 Å². The van der Waals surface area contributed by atoms with Crippen molar-refractivity contribution in [2.75, 3.05) is 13.2 Å². The van der Waals surface area contributed by atoms with Crippen LogP contribution in [0.4, 0.5) is 0 Å². The van der Waals surface area contributed by atoms with Gasteiger partial charge in [0.2, 0.25) is 0 Å². The summed E-state index contributed by atoms with van der Waals surface area (Å²) in [6.45, 7) is 6.74. The van der Waals surface area contributed by atoms with E-state index in [-0.39, 0.29) is 31.1 Å². The van der Waals surface area contributed by atoms with E-state index in [0.29, 0.717) is 19.3 Å². The first-order valence-corrected chi connectivity index (χ1v) is 38.5. The van der Waals surface area contributed by atoms with Crippen molar-refractivity contribution in [3.05, 3.63) is 0 Å². The molecule has 0 fully saturated rings. The van der Waals surface area contributed by atoms with Gasteiger partial charge in [-0.25, -0.2) is 0 Å². The van der Waals surface area contributed by atoms with E-state index in [4.69, 9.17) is 14.2 Å². The summed E-state index contributed by atoms with van der Waals surface area (Å²) in [6, 6.07) is 0. The second-order valence-corrected chi connectivity index (χ2v) is 26.6. The number of unbranched alkanes of at least 4 members (excludes halogenated alkanes) is 62. The number of hydrogen-bond donors (Lipinski definition) is 0. The topological polar surface area (TPSA) is 78.9 Å². The number of esters is 3. The van der Waals surface area contributed by atoms with Gasteiger partial charge in [-0.2, -0.15) is 0 Å². The molecule has 0 saturated heterocycles. The Kier molecular flexibility index (Phi) is 71.5. The van der Waals surface area contributed by atoms with E-state index < -0.39 is 6.10 Å². The lowest BCUT2D eigenvalue weighted by atomic mass is 10.0. The molecule has 6 heteroatoms. The molecule has 0 bridgehead atoms. The highest BCUT2D eigenvalue weighted by molar-refractivity contribution is 5.71. The lowest BCUT2D eigenvalue weighted by molar-refractivity contribution is -0.167. The third kappa shape index (κ3) is 71.1. The number of carbonyl (C=O) groups excluding carboxylic acids is 3. The van der Waals surface area contributed by atoms with Crippen LogP contribution in [-0.4, -0.2) is 37.2 Å². The zero-order valence-electron chi connectivity index (χ0n) is 57.0. The first kappa shape index (κ1) is 81.4. The molecule has 0 aliphatic carbocycles. The Morgan fingerprint density at radius 3 is 0.482 bits per heavy atom. The predicted octanol–water partition coefficient (Wildman–Crippen LogP) is 26.6. The van der Waals surface area contributed by atoms with Crippen molar-refractivity contribution in [2.24, 2.45) is 0 Å². The van der Waals surface area contributed by atoms with E-state index in [0.717, 1.165) is 57.8 Å². The van der Waals surface area contributed by atoms with Gasteiger partial charge in [-0.1, -0.05) is 419 Å². The fraction of sp³-hybridized carbons (Fsp3) is 0.961. The highest BCUT2D eigenvalue weighted by Crippen LogP contribution is 2.20. The molecule has 0 N–H and O–H groups in total. The van der Waals surface area contributed by atoms with E-state index in [9.17, 15) is 14.4 Å². The minimum Gasteiger partial charge on any atom is -0.462 e. The molecule has 0 saturated carbocycles. The van der Waals surface area contributed by atoms with Crippen LogP contribution < -0.4 is 0 Å². The molecule has 494 valence electrons. The van der Waals surface area contributed by atoms with E-state index in [1.165, 1.54) is 360 Å². The van der Waals surface area contributed by atoms with Gasteiger partial charge in [-0.3, -0.25) is 14.4 Å². The van der Waals surface area contributed by atoms with Gasteiger partial charge in [0, 0.05) is 19.3 Å². The first-order valence-electron chi connectivity index (χ1n) is 38.5. The van der Waals surface area contributed by atoms with Crippen LogP contribution in [-0.2, 0) is 28.6 Å². The van der Waals surface area contributed by atoms with Crippen molar-refractivity contribution >= 4 is 17.9 Å². The smallest absolute Gasteiger partial charge is 0.306 e. The Hall–Kier alpha value is -1.59. The molecule has 83 heavy (non-hydrogen) atoms. The summed E-state index contributed by atoms with van der Waals surface area (Å²) in [5.41, 5.74) is 0. The summed E-state index contributed by atoms with van der Waals surface area (Å²) in [4.78, 5) is 38.4. The second-order valence-electron chi connectivity index (χ2n) is 26.6. The van der Waals surface area contributed by atoms with Gasteiger partial charge in [0.05, 0.1) is 0 Å². The average molecular weight is 1170 g/mol. The number of rotatable bonds is 73. The molecule has 0 aromatic rings. The van der Waals surface area contributed by atoms with Crippen LogP contribution in [0.3, 0.4) is 0 Å². The summed E-state index contributed by atoms with van der Waals surface area (Å²) >= 11 is 0. The fourth-order valence-electron chi connectivity index (χ4n) is 12.3. The SMILES string of the molecule is CCCCCCCCCCCCCCCCCCCCCCCCCCCCCCCCCCC(=O)OCC(COC(=O)CCCCCCCCCCCCC)OC(=O)CCCCCCCCCCCCCCCCCCCCCCCC. The third-order valence-corrected chi connectivity index (χ3v) is 18.1. The molecule has 0 amide bonds. The Balaban J connectivity index is 4.05. The average Bonchev–Trinajstić information content (AvgIpc) is 3.48. The van der Waals surface area contributed by atoms with Gasteiger partial charge >= 0.3 is 17.9 Å². The van der Waals surface area contributed by atoms with Crippen molar-refractivity contribution in [3.8, 4) is 0 Å². The first-order chi connectivity index (χ1) is 41.0. The van der Waals surface area contributed by atoms with Crippen molar-refractivity contribution < 1.29 is 28.6 Å². The summed E-state index contributed by atoms with van der Waals surface area (Å²) in [7, 11) is 0. The lowest BCUT2D eigenvalue weighted by Crippen LogP contribution is -2.30. The number of ether oxygens (including phenoxy) is 3. The van der Waals surface area contributed by atoms with Crippen LogP contribution in [0.2, 0.25) is 0 Å². The summed E-state index contributed by atoms with van der Waals surface area (Å²) in [6.07, 6.45) is 87.5. The highest BCUT2D eigenvalue weighted by Gasteiger charge is 2.20. The zero-order valence-corrected chi connectivity index (χ0v) is 57.0. The maximum atomic E-state index is 13.0. The maximum Gasteiger partial charge on any atom is 0.306 e. The summed E-state index contributed by atoms with van der Waals surface area (Å²) in [5.74, 6) is -0.820. The molecule has 0 rings (SSSR count). The third-order valence-electron chi connectivity index (χ3n) is 18.1.